The van der Waals surface area contributed by atoms with E-state index in [1.807, 2.05) is 30.3 Å². The van der Waals surface area contributed by atoms with Crippen molar-refractivity contribution in [2.75, 3.05) is 12.8 Å². The molecule has 90 valence electrons. The minimum Gasteiger partial charge on any atom is -0.468 e. The maximum absolute atomic E-state index is 5.80. The third-order valence-corrected chi connectivity index (χ3v) is 3.04. The van der Waals surface area contributed by atoms with Gasteiger partial charge < -0.3 is 10.2 Å². The second-order valence-electron chi connectivity index (χ2n) is 4.34. The largest absolute Gasteiger partial charge is 0.468 e. The predicted octanol–water partition coefficient (Wildman–Crippen LogP) is 3.05. The average Bonchev–Trinajstić information content (AvgIpc) is 2.80. The van der Waals surface area contributed by atoms with Crippen molar-refractivity contribution in [3.8, 4) is 0 Å². The van der Waals surface area contributed by atoms with Gasteiger partial charge in [-0.05, 0) is 43.8 Å². The van der Waals surface area contributed by atoms with Crippen LogP contribution in [0.2, 0.25) is 0 Å². The molecule has 0 spiro atoms. The topological polar surface area (TPSA) is 42.4 Å². The van der Waals surface area contributed by atoms with Crippen LogP contribution in [0.3, 0.4) is 0 Å². The lowest BCUT2D eigenvalue weighted by Gasteiger charge is -2.24. The molecule has 1 heterocycles. The summed E-state index contributed by atoms with van der Waals surface area (Å²) in [6.45, 7) is 2.96. The van der Waals surface area contributed by atoms with E-state index in [0.29, 0.717) is 6.04 Å². The Labute approximate surface area is 102 Å². The predicted molar refractivity (Wildman–Crippen MR) is 69.4 cm³/mol. The normalized spacial score (nSPS) is 12.9. The SMILES string of the molecule is CC(c1cccc(N)c1)N(C)Cc1ccco1. The van der Waals surface area contributed by atoms with Gasteiger partial charge in [0.25, 0.3) is 0 Å². The first-order valence-corrected chi connectivity index (χ1v) is 5.75. The first-order chi connectivity index (χ1) is 8.16. The van der Waals surface area contributed by atoms with E-state index in [1.54, 1.807) is 6.26 Å². The third-order valence-electron chi connectivity index (χ3n) is 3.04. The van der Waals surface area contributed by atoms with Crippen LogP contribution in [-0.2, 0) is 6.54 Å². The fourth-order valence-electron chi connectivity index (χ4n) is 1.86. The minimum absolute atomic E-state index is 0.309. The Bertz CT molecular complexity index is 465. The highest BCUT2D eigenvalue weighted by Crippen LogP contribution is 2.22. The van der Waals surface area contributed by atoms with Crippen molar-refractivity contribution < 1.29 is 4.42 Å². The highest BCUT2D eigenvalue weighted by Gasteiger charge is 2.13. The number of rotatable bonds is 4. The molecule has 2 N–H and O–H groups in total. The average molecular weight is 230 g/mol. The Morgan fingerprint density at radius 2 is 2.12 bits per heavy atom. The lowest BCUT2D eigenvalue weighted by molar-refractivity contribution is 0.232. The highest BCUT2D eigenvalue weighted by atomic mass is 16.3. The van der Waals surface area contributed by atoms with Gasteiger partial charge in [0, 0.05) is 11.7 Å². The Balaban J connectivity index is 2.06. The van der Waals surface area contributed by atoms with E-state index in [4.69, 9.17) is 10.2 Å². The van der Waals surface area contributed by atoms with Crippen molar-refractivity contribution in [2.24, 2.45) is 0 Å². The van der Waals surface area contributed by atoms with Crippen molar-refractivity contribution in [3.05, 3.63) is 54.0 Å². The van der Waals surface area contributed by atoms with E-state index >= 15 is 0 Å². The van der Waals surface area contributed by atoms with Gasteiger partial charge in [0.1, 0.15) is 5.76 Å². The molecule has 0 radical (unpaired) electrons. The molecule has 2 rings (SSSR count). The van der Waals surface area contributed by atoms with Crippen LogP contribution < -0.4 is 5.73 Å². The van der Waals surface area contributed by atoms with Crippen molar-refractivity contribution in [1.29, 1.82) is 0 Å². The Morgan fingerprint density at radius 1 is 1.29 bits per heavy atom. The second kappa shape index (κ2) is 5.06. The fourth-order valence-corrected chi connectivity index (χ4v) is 1.86. The summed E-state index contributed by atoms with van der Waals surface area (Å²) >= 11 is 0. The zero-order valence-corrected chi connectivity index (χ0v) is 10.3. The Hall–Kier alpha value is -1.74. The molecule has 1 aromatic heterocycles. The van der Waals surface area contributed by atoms with Gasteiger partial charge in [-0.3, -0.25) is 4.90 Å². The van der Waals surface area contributed by atoms with Crippen molar-refractivity contribution >= 4 is 5.69 Å². The molecule has 0 saturated heterocycles. The van der Waals surface area contributed by atoms with Gasteiger partial charge in [0.15, 0.2) is 0 Å². The molecule has 3 heteroatoms. The molecule has 0 fully saturated rings. The maximum atomic E-state index is 5.80. The molecule has 2 aromatic rings. The van der Waals surface area contributed by atoms with Gasteiger partial charge >= 0.3 is 0 Å². The fraction of sp³-hybridized carbons (Fsp3) is 0.286. The number of anilines is 1. The molecule has 0 aliphatic carbocycles. The van der Waals surface area contributed by atoms with Gasteiger partial charge in [-0.2, -0.15) is 0 Å². The van der Waals surface area contributed by atoms with E-state index in [2.05, 4.69) is 24.9 Å². The molecule has 0 bridgehead atoms. The maximum Gasteiger partial charge on any atom is 0.117 e. The van der Waals surface area contributed by atoms with Gasteiger partial charge in [0.05, 0.1) is 12.8 Å². The monoisotopic (exact) mass is 230 g/mol. The standard InChI is InChI=1S/C14H18N2O/c1-11(12-5-3-6-13(15)9-12)16(2)10-14-7-4-8-17-14/h3-9,11H,10,15H2,1-2H3. The van der Waals surface area contributed by atoms with E-state index in [0.717, 1.165) is 18.0 Å². The number of hydrogen-bond donors (Lipinski definition) is 1. The van der Waals surface area contributed by atoms with Crippen LogP contribution in [0.1, 0.15) is 24.3 Å². The summed E-state index contributed by atoms with van der Waals surface area (Å²) in [5, 5.41) is 0. The molecular formula is C14H18N2O. The first-order valence-electron chi connectivity index (χ1n) is 5.75. The molecule has 0 aliphatic heterocycles. The van der Waals surface area contributed by atoms with Crippen LogP contribution in [0.5, 0.6) is 0 Å². The second-order valence-corrected chi connectivity index (χ2v) is 4.34. The molecule has 0 aliphatic rings. The number of nitrogens with zero attached hydrogens (tertiary/aromatic N) is 1. The smallest absolute Gasteiger partial charge is 0.117 e. The molecule has 0 saturated carbocycles. The van der Waals surface area contributed by atoms with E-state index < -0.39 is 0 Å². The van der Waals surface area contributed by atoms with Crippen molar-refractivity contribution in [1.82, 2.24) is 4.90 Å². The number of benzene rings is 1. The summed E-state index contributed by atoms with van der Waals surface area (Å²) < 4.78 is 5.35. The zero-order valence-electron chi connectivity index (χ0n) is 10.3. The highest BCUT2D eigenvalue weighted by molar-refractivity contribution is 5.41. The number of hydrogen-bond acceptors (Lipinski definition) is 3. The molecule has 3 nitrogen and oxygen atoms in total. The van der Waals surface area contributed by atoms with Crippen LogP contribution in [0.25, 0.3) is 0 Å². The molecule has 1 atom stereocenters. The summed E-state index contributed by atoms with van der Waals surface area (Å²) in [6, 6.07) is 12.2. The first kappa shape index (κ1) is 11.7. The number of nitrogens with two attached hydrogens (primary N) is 1. The zero-order chi connectivity index (χ0) is 12.3. The quantitative estimate of drug-likeness (QED) is 0.821. The van der Waals surface area contributed by atoms with Crippen molar-refractivity contribution in [2.45, 2.75) is 19.5 Å². The van der Waals surface area contributed by atoms with Crippen molar-refractivity contribution in [3.63, 3.8) is 0 Å². The minimum atomic E-state index is 0.309. The van der Waals surface area contributed by atoms with Gasteiger partial charge in [-0.15, -0.1) is 0 Å². The Morgan fingerprint density at radius 3 is 2.76 bits per heavy atom. The van der Waals surface area contributed by atoms with Gasteiger partial charge in [-0.25, -0.2) is 0 Å². The van der Waals surface area contributed by atoms with Gasteiger partial charge in [-0.1, -0.05) is 12.1 Å². The lowest BCUT2D eigenvalue weighted by Crippen LogP contribution is -2.21. The van der Waals surface area contributed by atoms with E-state index in [9.17, 15) is 0 Å². The number of furan rings is 1. The molecule has 0 amide bonds. The summed E-state index contributed by atoms with van der Waals surface area (Å²) in [5.74, 6) is 0.975. The third kappa shape index (κ3) is 2.88. The van der Waals surface area contributed by atoms with Crippen LogP contribution in [0.15, 0.2) is 47.1 Å². The summed E-state index contributed by atoms with van der Waals surface area (Å²) in [4.78, 5) is 2.23. The van der Waals surface area contributed by atoms with Crippen LogP contribution >= 0.6 is 0 Å². The summed E-state index contributed by atoms with van der Waals surface area (Å²) in [6.07, 6.45) is 1.70. The Kier molecular flexibility index (Phi) is 3.49. The molecule has 1 unspecified atom stereocenters. The van der Waals surface area contributed by atoms with Crippen LogP contribution in [0, 0.1) is 0 Å². The van der Waals surface area contributed by atoms with E-state index in [-0.39, 0.29) is 0 Å². The van der Waals surface area contributed by atoms with E-state index in [1.165, 1.54) is 5.56 Å². The van der Waals surface area contributed by atoms with Gasteiger partial charge in [0.2, 0.25) is 0 Å². The van der Waals surface area contributed by atoms with Crippen LogP contribution in [0.4, 0.5) is 5.69 Å². The number of nitrogen functional groups attached to an aromatic ring is 1. The summed E-state index contributed by atoms with van der Waals surface area (Å²) in [5.41, 5.74) is 7.82. The lowest BCUT2D eigenvalue weighted by atomic mass is 10.1. The molecule has 17 heavy (non-hydrogen) atoms. The summed E-state index contributed by atoms with van der Waals surface area (Å²) in [7, 11) is 2.08. The molecular weight excluding hydrogens is 212 g/mol. The van der Waals surface area contributed by atoms with Crippen LogP contribution in [-0.4, -0.2) is 11.9 Å². The molecule has 1 aromatic carbocycles.